The zero-order chi connectivity index (χ0) is 11.4. The summed E-state index contributed by atoms with van der Waals surface area (Å²) in [5.74, 6) is -0.463. The lowest BCUT2D eigenvalue weighted by atomic mass is 9.99. The molecule has 1 aromatic carbocycles. The molecule has 0 atom stereocenters. The van der Waals surface area contributed by atoms with Gasteiger partial charge in [-0.25, -0.2) is 4.79 Å². The smallest absolute Gasteiger partial charge is 0.338 e. The van der Waals surface area contributed by atoms with Crippen molar-refractivity contribution < 1.29 is 9.53 Å². The monoisotopic (exact) mass is 206 g/mol. The van der Waals surface area contributed by atoms with Gasteiger partial charge in [0.15, 0.2) is 0 Å². The first-order valence-corrected chi connectivity index (χ1v) is 4.66. The number of benzene rings is 1. The van der Waals surface area contributed by atoms with Gasteiger partial charge >= 0.3 is 5.97 Å². The number of carbonyl (C=O) groups is 1. The third kappa shape index (κ3) is 2.15. The van der Waals surface area contributed by atoms with Crippen LogP contribution in [0.1, 0.15) is 29.3 Å². The summed E-state index contributed by atoms with van der Waals surface area (Å²) in [4.78, 5) is 11.4. The molecule has 0 unspecified atom stereocenters. The fourth-order valence-corrected chi connectivity index (χ4v) is 1.36. The molecule has 0 fully saturated rings. The highest BCUT2D eigenvalue weighted by atomic mass is 16.5. The van der Waals surface area contributed by atoms with E-state index in [1.807, 2.05) is 6.92 Å². The number of anilines is 1. The Kier molecular flexibility index (Phi) is 3.44. The van der Waals surface area contributed by atoms with E-state index in [0.29, 0.717) is 28.9 Å². The maximum absolute atomic E-state index is 11.4. The predicted octanol–water partition coefficient (Wildman–Crippen LogP) is 1.83. The highest BCUT2D eigenvalue weighted by Gasteiger charge is 2.16. The molecule has 0 aliphatic heterocycles. The van der Waals surface area contributed by atoms with Gasteiger partial charge < -0.3 is 15.9 Å². The van der Waals surface area contributed by atoms with E-state index in [1.165, 1.54) is 7.11 Å². The van der Waals surface area contributed by atoms with Gasteiger partial charge in [0.25, 0.3) is 0 Å². The number of hydrogen-bond donors (Lipinski definition) is 2. The van der Waals surface area contributed by atoms with Gasteiger partial charge in [-0.15, -0.1) is 0 Å². The van der Waals surface area contributed by atoms with E-state index in [0.717, 1.165) is 0 Å². The Morgan fingerprint density at radius 1 is 1.53 bits per heavy atom. The highest BCUT2D eigenvalue weighted by molar-refractivity contribution is 6.10. The number of rotatable bonds is 3. The Morgan fingerprint density at radius 2 is 2.20 bits per heavy atom. The van der Waals surface area contributed by atoms with E-state index >= 15 is 0 Å². The third-order valence-electron chi connectivity index (χ3n) is 2.16. The van der Waals surface area contributed by atoms with E-state index in [9.17, 15) is 4.79 Å². The summed E-state index contributed by atoms with van der Waals surface area (Å²) >= 11 is 0. The topological polar surface area (TPSA) is 76.2 Å². The van der Waals surface area contributed by atoms with Crippen LogP contribution in [0.5, 0.6) is 0 Å². The van der Waals surface area contributed by atoms with Crippen LogP contribution in [0.2, 0.25) is 0 Å². The van der Waals surface area contributed by atoms with Crippen LogP contribution in [0.15, 0.2) is 18.2 Å². The summed E-state index contributed by atoms with van der Waals surface area (Å²) in [7, 11) is 1.31. The zero-order valence-electron chi connectivity index (χ0n) is 8.83. The molecule has 80 valence electrons. The van der Waals surface area contributed by atoms with Gasteiger partial charge in [0, 0.05) is 17.0 Å². The lowest BCUT2D eigenvalue weighted by Crippen LogP contribution is -2.12. The summed E-state index contributed by atoms with van der Waals surface area (Å²) in [6, 6.07) is 4.96. The molecule has 4 heteroatoms. The number of esters is 1. The van der Waals surface area contributed by atoms with Crippen molar-refractivity contribution in [3.8, 4) is 0 Å². The summed E-state index contributed by atoms with van der Waals surface area (Å²) in [5.41, 5.74) is 7.35. The molecular formula is C11H14N2O2. The third-order valence-corrected chi connectivity index (χ3v) is 2.16. The second-order valence-electron chi connectivity index (χ2n) is 3.09. The van der Waals surface area contributed by atoms with Crippen LogP contribution in [-0.4, -0.2) is 18.8 Å². The first-order valence-electron chi connectivity index (χ1n) is 4.66. The minimum Gasteiger partial charge on any atom is -0.465 e. The molecule has 1 aromatic rings. The molecule has 15 heavy (non-hydrogen) atoms. The summed E-state index contributed by atoms with van der Waals surface area (Å²) in [6.45, 7) is 1.84. The zero-order valence-corrected chi connectivity index (χ0v) is 8.83. The Labute approximate surface area is 88.6 Å². The standard InChI is InChI=1S/C11H14N2O2/c1-3-8(12)10-7(11(14)15-2)5-4-6-9(10)13/h4-6,12H,3,13H2,1-2H3. The number of hydrogen-bond acceptors (Lipinski definition) is 4. The second kappa shape index (κ2) is 4.59. The van der Waals surface area contributed by atoms with E-state index < -0.39 is 5.97 Å². The van der Waals surface area contributed by atoms with Crippen molar-refractivity contribution in [1.29, 1.82) is 5.41 Å². The first-order chi connectivity index (χ1) is 7.11. The molecule has 0 aromatic heterocycles. The van der Waals surface area contributed by atoms with E-state index in [4.69, 9.17) is 11.1 Å². The van der Waals surface area contributed by atoms with Crippen LogP contribution in [0.3, 0.4) is 0 Å². The fraction of sp³-hybridized carbons (Fsp3) is 0.273. The lowest BCUT2D eigenvalue weighted by Gasteiger charge is -2.10. The quantitative estimate of drug-likeness (QED) is 0.450. The average molecular weight is 206 g/mol. The highest BCUT2D eigenvalue weighted by Crippen LogP contribution is 2.19. The van der Waals surface area contributed by atoms with Gasteiger partial charge in [0.1, 0.15) is 0 Å². The minimum absolute atomic E-state index is 0.341. The van der Waals surface area contributed by atoms with Gasteiger partial charge in [-0.1, -0.05) is 13.0 Å². The average Bonchev–Trinajstić information content (AvgIpc) is 2.26. The molecule has 0 aliphatic carbocycles. The van der Waals surface area contributed by atoms with Crippen molar-refractivity contribution in [1.82, 2.24) is 0 Å². The molecule has 0 aliphatic rings. The Bertz CT molecular complexity index is 400. The Balaban J connectivity index is 3.32. The van der Waals surface area contributed by atoms with Gasteiger partial charge in [-0.3, -0.25) is 0 Å². The van der Waals surface area contributed by atoms with E-state index in [-0.39, 0.29) is 0 Å². The first kappa shape index (κ1) is 11.2. The Hall–Kier alpha value is -1.84. The van der Waals surface area contributed by atoms with Crippen LogP contribution >= 0.6 is 0 Å². The van der Waals surface area contributed by atoms with Crippen molar-refractivity contribution >= 4 is 17.4 Å². The van der Waals surface area contributed by atoms with E-state index in [1.54, 1.807) is 18.2 Å². The van der Waals surface area contributed by atoms with Crippen LogP contribution in [0, 0.1) is 5.41 Å². The van der Waals surface area contributed by atoms with Gasteiger partial charge in [0.05, 0.1) is 12.7 Å². The van der Waals surface area contributed by atoms with E-state index in [2.05, 4.69) is 4.74 Å². The summed E-state index contributed by atoms with van der Waals surface area (Å²) in [5, 5.41) is 7.74. The van der Waals surface area contributed by atoms with Crippen LogP contribution < -0.4 is 5.73 Å². The number of methoxy groups -OCH3 is 1. The van der Waals surface area contributed by atoms with Gasteiger partial charge in [-0.05, 0) is 18.6 Å². The summed E-state index contributed by atoms with van der Waals surface area (Å²) in [6.07, 6.45) is 0.526. The van der Waals surface area contributed by atoms with Crippen LogP contribution in [-0.2, 0) is 4.74 Å². The molecule has 3 N–H and O–H groups in total. The second-order valence-corrected chi connectivity index (χ2v) is 3.09. The lowest BCUT2D eigenvalue weighted by molar-refractivity contribution is 0.0600. The van der Waals surface area contributed by atoms with Crippen molar-refractivity contribution in [3.05, 3.63) is 29.3 Å². The van der Waals surface area contributed by atoms with Gasteiger partial charge in [-0.2, -0.15) is 0 Å². The van der Waals surface area contributed by atoms with Crippen molar-refractivity contribution in [2.45, 2.75) is 13.3 Å². The summed E-state index contributed by atoms with van der Waals surface area (Å²) < 4.78 is 4.64. The number of ether oxygens (including phenoxy) is 1. The number of carbonyl (C=O) groups excluding carboxylic acids is 1. The molecule has 0 radical (unpaired) electrons. The molecule has 0 heterocycles. The Morgan fingerprint density at radius 3 is 2.73 bits per heavy atom. The molecule has 0 saturated carbocycles. The SMILES string of the molecule is CCC(=N)c1c(N)cccc1C(=O)OC. The number of nitrogen functional groups attached to an aromatic ring is 1. The maximum atomic E-state index is 11.4. The van der Waals surface area contributed by atoms with Gasteiger partial charge in [0.2, 0.25) is 0 Å². The minimum atomic E-state index is -0.463. The fourth-order valence-electron chi connectivity index (χ4n) is 1.36. The predicted molar refractivity (Wildman–Crippen MR) is 59.3 cm³/mol. The molecule has 0 bridgehead atoms. The largest absolute Gasteiger partial charge is 0.465 e. The van der Waals surface area contributed by atoms with Crippen LogP contribution in [0.4, 0.5) is 5.69 Å². The maximum Gasteiger partial charge on any atom is 0.338 e. The normalized spacial score (nSPS) is 9.73. The molecule has 4 nitrogen and oxygen atoms in total. The van der Waals surface area contributed by atoms with Crippen molar-refractivity contribution in [2.24, 2.45) is 0 Å². The molecule has 0 saturated heterocycles. The molecule has 0 amide bonds. The van der Waals surface area contributed by atoms with Crippen molar-refractivity contribution in [2.75, 3.05) is 12.8 Å². The van der Waals surface area contributed by atoms with Crippen LogP contribution in [0.25, 0.3) is 0 Å². The molecule has 1 rings (SSSR count). The number of nitrogens with two attached hydrogens (primary N) is 1. The molecule has 0 spiro atoms. The molecular weight excluding hydrogens is 192 g/mol. The van der Waals surface area contributed by atoms with Crippen molar-refractivity contribution in [3.63, 3.8) is 0 Å². The number of nitrogens with one attached hydrogen (secondary N) is 1.